The van der Waals surface area contributed by atoms with E-state index in [4.69, 9.17) is 4.18 Å². The molecule has 0 saturated carbocycles. The van der Waals surface area contributed by atoms with Crippen LogP contribution in [-0.2, 0) is 4.18 Å². The first-order valence-electron chi connectivity index (χ1n) is 4.32. The van der Waals surface area contributed by atoms with Crippen molar-refractivity contribution in [3.05, 3.63) is 40.7 Å². The van der Waals surface area contributed by atoms with Crippen LogP contribution in [0.2, 0.25) is 0 Å². The van der Waals surface area contributed by atoms with Crippen molar-refractivity contribution in [2.45, 2.75) is 4.90 Å². The summed E-state index contributed by atoms with van der Waals surface area (Å²) in [6.07, 6.45) is 0. The lowest BCUT2D eigenvalue weighted by molar-refractivity contribution is 0.237. The Morgan fingerprint density at radius 3 is 2.81 bits per heavy atom. The highest BCUT2D eigenvalue weighted by molar-refractivity contribution is 14.1. The molecule has 82 valence electrons. The predicted octanol–water partition coefficient (Wildman–Crippen LogP) is 3.11. The van der Waals surface area contributed by atoms with Gasteiger partial charge in [0.2, 0.25) is 5.56 Å². The van der Waals surface area contributed by atoms with Gasteiger partial charge in [0.25, 0.3) is 0 Å². The van der Waals surface area contributed by atoms with Gasteiger partial charge in [0.05, 0.1) is 39.5 Å². The highest BCUT2D eigenvalue weighted by Gasteiger charge is 2.01. The minimum atomic E-state index is -0.385. The Morgan fingerprint density at radius 1 is 1.31 bits per heavy atom. The number of aromatic nitrogens is 1. The van der Waals surface area contributed by atoms with Gasteiger partial charge in [0, 0.05) is 11.6 Å². The molecule has 0 atom stereocenters. The number of pyridine rings is 1. The molecule has 2 aromatic rings. The zero-order valence-corrected chi connectivity index (χ0v) is 10.9. The van der Waals surface area contributed by atoms with Gasteiger partial charge in [-0.2, -0.15) is 0 Å². The summed E-state index contributed by atoms with van der Waals surface area (Å²) in [7, 11) is 0. The van der Waals surface area contributed by atoms with Crippen molar-refractivity contribution < 1.29 is 8.98 Å². The molecule has 1 N–H and O–H groups in total. The first-order chi connectivity index (χ1) is 7.65. The Kier molecular flexibility index (Phi) is 3.49. The van der Waals surface area contributed by atoms with E-state index < -0.39 is 0 Å². The minimum Gasteiger partial charge on any atom is -0.378 e. The third-order valence-electron chi connectivity index (χ3n) is 1.90. The van der Waals surface area contributed by atoms with Gasteiger partial charge in [0.15, 0.2) is 0 Å². The fourth-order valence-electron chi connectivity index (χ4n) is 1.26. The van der Waals surface area contributed by atoms with Crippen LogP contribution >= 0.6 is 34.6 Å². The summed E-state index contributed by atoms with van der Waals surface area (Å²) in [5, 5.41) is 0.935. The molecule has 16 heavy (non-hydrogen) atoms. The molecule has 0 fully saturated rings. The molecule has 0 aliphatic carbocycles. The van der Waals surface area contributed by atoms with Crippen LogP contribution in [0.5, 0.6) is 0 Å². The predicted molar refractivity (Wildman–Crippen MR) is 70.9 cm³/mol. The minimum absolute atomic E-state index is 0.152. The van der Waals surface area contributed by atoms with Crippen molar-refractivity contribution >= 4 is 49.5 Å². The molecule has 2 rings (SSSR count). The third-order valence-corrected chi connectivity index (χ3v) is 3.10. The van der Waals surface area contributed by atoms with Crippen molar-refractivity contribution in [3.8, 4) is 0 Å². The fourth-order valence-corrected chi connectivity index (χ4v) is 1.98. The van der Waals surface area contributed by atoms with Gasteiger partial charge in [0.1, 0.15) is 0 Å². The van der Waals surface area contributed by atoms with Crippen molar-refractivity contribution in [1.82, 2.24) is 4.98 Å². The number of nitrogens with one attached hydrogen (secondary N) is 1. The molecule has 4 nitrogen and oxygen atoms in total. The van der Waals surface area contributed by atoms with E-state index in [0.29, 0.717) is 0 Å². The van der Waals surface area contributed by atoms with E-state index in [9.17, 15) is 9.59 Å². The number of halogens is 1. The monoisotopic (exact) mass is 347 g/mol. The second-order valence-corrected chi connectivity index (χ2v) is 4.66. The summed E-state index contributed by atoms with van der Waals surface area (Å²) >= 11 is 2.52. The van der Waals surface area contributed by atoms with Crippen LogP contribution in [0, 0.1) is 0 Å². The topological polar surface area (TPSA) is 59.2 Å². The lowest BCUT2D eigenvalue weighted by atomic mass is 10.2. The first-order valence-corrected chi connectivity index (χ1v) is 6.14. The largest absolute Gasteiger partial charge is 0.379 e. The Hall–Kier alpha value is -1.02. The maximum absolute atomic E-state index is 11.1. The molecular weight excluding hydrogens is 341 g/mol. The van der Waals surface area contributed by atoms with Crippen molar-refractivity contribution in [1.29, 1.82) is 0 Å². The Labute approximate surface area is 109 Å². The molecule has 0 aliphatic heterocycles. The number of rotatable bonds is 2. The van der Waals surface area contributed by atoms with Crippen LogP contribution in [-0.4, -0.2) is 8.96 Å². The second-order valence-electron chi connectivity index (χ2n) is 2.98. The molecule has 0 spiro atoms. The molecule has 1 aromatic heterocycles. The lowest BCUT2D eigenvalue weighted by Gasteiger charge is -2.01. The van der Waals surface area contributed by atoms with Crippen LogP contribution < -0.4 is 5.56 Å². The summed E-state index contributed by atoms with van der Waals surface area (Å²) in [5.41, 5.74) is 0.572. The van der Waals surface area contributed by atoms with Crippen LogP contribution in [0.25, 0.3) is 10.9 Å². The molecule has 6 heteroatoms. The van der Waals surface area contributed by atoms with Crippen LogP contribution in [0.1, 0.15) is 0 Å². The standard InChI is InChI=1S/C10H6INO3S/c11-10(14)15-16-7-3-1-6-2-4-9(13)12-8(6)5-7/h1-5H,(H,12,13). The van der Waals surface area contributed by atoms with Crippen molar-refractivity contribution in [2.75, 3.05) is 0 Å². The summed E-state index contributed by atoms with van der Waals surface area (Å²) in [6.45, 7) is 0. The van der Waals surface area contributed by atoms with Crippen molar-refractivity contribution in [3.63, 3.8) is 0 Å². The number of hydrogen-bond donors (Lipinski definition) is 1. The van der Waals surface area contributed by atoms with Gasteiger partial charge in [-0.3, -0.25) is 4.79 Å². The molecule has 1 heterocycles. The second kappa shape index (κ2) is 4.88. The average Bonchev–Trinajstić information content (AvgIpc) is 2.25. The van der Waals surface area contributed by atoms with Crippen LogP contribution in [0.3, 0.4) is 0 Å². The molecule has 0 bridgehead atoms. The fraction of sp³-hybridized carbons (Fsp3) is 0. The smallest absolute Gasteiger partial charge is 0.378 e. The highest BCUT2D eigenvalue weighted by Crippen LogP contribution is 2.23. The van der Waals surface area contributed by atoms with E-state index in [1.54, 1.807) is 34.7 Å². The maximum atomic E-state index is 11.1. The van der Waals surface area contributed by atoms with Crippen LogP contribution in [0.15, 0.2) is 40.0 Å². The van der Waals surface area contributed by atoms with Gasteiger partial charge < -0.3 is 9.17 Å². The van der Waals surface area contributed by atoms with E-state index in [-0.39, 0.29) is 9.54 Å². The first kappa shape index (κ1) is 11.5. The van der Waals surface area contributed by atoms with Gasteiger partial charge in [-0.05, 0) is 23.6 Å². The maximum Gasteiger partial charge on any atom is 0.379 e. The zero-order chi connectivity index (χ0) is 11.5. The van der Waals surface area contributed by atoms with E-state index in [1.165, 1.54) is 6.07 Å². The quantitative estimate of drug-likeness (QED) is 0.515. The van der Waals surface area contributed by atoms with E-state index in [1.807, 2.05) is 12.1 Å². The van der Waals surface area contributed by atoms with Gasteiger partial charge in [-0.25, -0.2) is 4.79 Å². The van der Waals surface area contributed by atoms with E-state index in [0.717, 1.165) is 27.8 Å². The summed E-state index contributed by atoms with van der Waals surface area (Å²) in [4.78, 5) is 25.2. The number of carbonyl (C=O) groups is 1. The average molecular weight is 347 g/mol. The Bertz CT molecular complexity index is 596. The SMILES string of the molecule is O=C(I)OSc1ccc2ccc(=O)[nH]c2c1. The molecule has 0 amide bonds. The van der Waals surface area contributed by atoms with Crippen LogP contribution in [0.4, 0.5) is 4.79 Å². The highest BCUT2D eigenvalue weighted by atomic mass is 127. The zero-order valence-electron chi connectivity index (χ0n) is 7.90. The Balaban J connectivity index is 2.35. The summed E-state index contributed by atoms with van der Waals surface area (Å²) in [5.74, 6) is 0. The van der Waals surface area contributed by atoms with Gasteiger partial charge in [-0.15, -0.1) is 0 Å². The number of benzene rings is 1. The number of aromatic amines is 1. The number of hydrogen-bond acceptors (Lipinski definition) is 4. The summed E-state index contributed by atoms with van der Waals surface area (Å²) in [6, 6.07) is 8.66. The molecule has 0 radical (unpaired) electrons. The number of fused-ring (bicyclic) bond motifs is 1. The van der Waals surface area contributed by atoms with E-state index in [2.05, 4.69) is 4.98 Å². The molecular formula is C10H6INO3S. The normalized spacial score (nSPS) is 10.3. The van der Waals surface area contributed by atoms with Gasteiger partial charge >= 0.3 is 3.98 Å². The molecule has 0 unspecified atom stereocenters. The summed E-state index contributed by atoms with van der Waals surface area (Å²) < 4.78 is 4.39. The van der Waals surface area contributed by atoms with Crippen molar-refractivity contribution in [2.24, 2.45) is 0 Å². The molecule has 0 aliphatic rings. The lowest BCUT2D eigenvalue weighted by Crippen LogP contribution is -2.02. The van der Waals surface area contributed by atoms with E-state index >= 15 is 0 Å². The number of carbonyl (C=O) groups excluding carboxylic acids is 1. The molecule has 1 aromatic carbocycles. The van der Waals surface area contributed by atoms with Gasteiger partial charge in [-0.1, -0.05) is 6.07 Å². The third kappa shape index (κ3) is 2.76. The number of H-pyrrole nitrogens is 1. The Morgan fingerprint density at radius 2 is 2.06 bits per heavy atom. The molecule has 0 saturated heterocycles.